The quantitative estimate of drug-likeness (QED) is 0.763. The summed E-state index contributed by atoms with van der Waals surface area (Å²) in [6.07, 6.45) is 2.87. The topological polar surface area (TPSA) is 57.2 Å². The molecule has 0 aliphatic heterocycles. The number of nitrogens with zero attached hydrogens (tertiary/aromatic N) is 2. The van der Waals surface area contributed by atoms with Gasteiger partial charge in [0, 0.05) is 7.05 Å². The SMILES string of the molecule is CCCC(C#N)(CCC)C(=O)N(C)Cc1ccc(C)o1. The number of amides is 1. The van der Waals surface area contributed by atoms with Crippen molar-refractivity contribution < 1.29 is 9.21 Å². The molecule has 1 rings (SSSR count). The Labute approximate surface area is 121 Å². The molecule has 0 radical (unpaired) electrons. The highest BCUT2D eigenvalue weighted by Crippen LogP contribution is 2.31. The lowest BCUT2D eigenvalue weighted by Crippen LogP contribution is -2.41. The fourth-order valence-electron chi connectivity index (χ4n) is 2.59. The molecule has 0 bridgehead atoms. The van der Waals surface area contributed by atoms with Gasteiger partial charge >= 0.3 is 0 Å². The molecule has 4 heteroatoms. The third-order valence-electron chi connectivity index (χ3n) is 3.51. The minimum Gasteiger partial charge on any atom is -0.464 e. The summed E-state index contributed by atoms with van der Waals surface area (Å²) in [5.41, 5.74) is -0.889. The van der Waals surface area contributed by atoms with Crippen molar-refractivity contribution in [3.8, 4) is 6.07 Å². The van der Waals surface area contributed by atoms with E-state index in [1.54, 1.807) is 11.9 Å². The number of hydrogen-bond acceptors (Lipinski definition) is 3. The fraction of sp³-hybridized carbons (Fsp3) is 0.625. The van der Waals surface area contributed by atoms with Crippen LogP contribution < -0.4 is 0 Å². The zero-order valence-electron chi connectivity index (χ0n) is 12.9. The summed E-state index contributed by atoms with van der Waals surface area (Å²) in [6.45, 7) is 6.29. The van der Waals surface area contributed by atoms with Crippen LogP contribution in [0.15, 0.2) is 16.5 Å². The van der Waals surface area contributed by atoms with Gasteiger partial charge in [0.2, 0.25) is 5.91 Å². The Bertz CT molecular complexity index is 479. The first-order chi connectivity index (χ1) is 9.49. The Kier molecular flexibility index (Phi) is 5.82. The van der Waals surface area contributed by atoms with Gasteiger partial charge in [-0.3, -0.25) is 4.79 Å². The summed E-state index contributed by atoms with van der Waals surface area (Å²) >= 11 is 0. The van der Waals surface area contributed by atoms with Gasteiger partial charge in [0.1, 0.15) is 16.9 Å². The third-order valence-corrected chi connectivity index (χ3v) is 3.51. The van der Waals surface area contributed by atoms with Gasteiger partial charge in [-0.05, 0) is 31.9 Å². The van der Waals surface area contributed by atoms with Gasteiger partial charge < -0.3 is 9.32 Å². The molecule has 0 aromatic carbocycles. The number of carbonyl (C=O) groups is 1. The maximum absolute atomic E-state index is 12.6. The van der Waals surface area contributed by atoms with Gasteiger partial charge in [0.15, 0.2) is 0 Å². The summed E-state index contributed by atoms with van der Waals surface area (Å²) < 4.78 is 5.49. The highest BCUT2D eigenvalue weighted by molar-refractivity contribution is 5.85. The van der Waals surface area contributed by atoms with Crippen LogP contribution in [0.5, 0.6) is 0 Å². The predicted molar refractivity (Wildman–Crippen MR) is 77.8 cm³/mol. The first kappa shape index (κ1) is 16.3. The summed E-state index contributed by atoms with van der Waals surface area (Å²) in [4.78, 5) is 14.3. The molecule has 1 heterocycles. The number of rotatable bonds is 7. The summed E-state index contributed by atoms with van der Waals surface area (Å²) in [6, 6.07) is 6.01. The average molecular weight is 276 g/mol. The van der Waals surface area contributed by atoms with Gasteiger partial charge in [-0.1, -0.05) is 26.7 Å². The van der Waals surface area contributed by atoms with Crippen molar-refractivity contribution in [3.05, 3.63) is 23.7 Å². The van der Waals surface area contributed by atoms with E-state index in [-0.39, 0.29) is 5.91 Å². The second-order valence-corrected chi connectivity index (χ2v) is 5.37. The van der Waals surface area contributed by atoms with Crippen LogP contribution in [0.1, 0.15) is 51.1 Å². The largest absolute Gasteiger partial charge is 0.464 e. The molecule has 0 saturated carbocycles. The average Bonchev–Trinajstić information content (AvgIpc) is 2.82. The first-order valence-corrected chi connectivity index (χ1v) is 7.21. The van der Waals surface area contributed by atoms with Crippen molar-refractivity contribution in [1.29, 1.82) is 5.26 Å². The highest BCUT2D eigenvalue weighted by atomic mass is 16.3. The van der Waals surface area contributed by atoms with E-state index in [0.717, 1.165) is 24.4 Å². The molecule has 1 aromatic rings. The predicted octanol–water partition coefficient (Wildman–Crippen LogP) is 3.66. The van der Waals surface area contributed by atoms with Crippen LogP contribution in [-0.2, 0) is 11.3 Å². The van der Waals surface area contributed by atoms with E-state index in [9.17, 15) is 10.1 Å². The molecule has 1 amide bonds. The van der Waals surface area contributed by atoms with Crippen LogP contribution in [-0.4, -0.2) is 17.9 Å². The van der Waals surface area contributed by atoms with E-state index in [1.165, 1.54) is 0 Å². The molecule has 110 valence electrons. The van der Waals surface area contributed by atoms with Gasteiger partial charge in [-0.25, -0.2) is 0 Å². The molecule has 4 nitrogen and oxygen atoms in total. The molecule has 0 saturated heterocycles. The number of nitriles is 1. The maximum atomic E-state index is 12.6. The zero-order chi connectivity index (χ0) is 15.2. The lowest BCUT2D eigenvalue weighted by atomic mass is 9.79. The number of aryl methyl sites for hydroxylation is 1. The molecule has 1 aromatic heterocycles. The van der Waals surface area contributed by atoms with Crippen LogP contribution in [0.25, 0.3) is 0 Å². The molecular weight excluding hydrogens is 252 g/mol. The van der Waals surface area contributed by atoms with Gasteiger partial charge in [0.25, 0.3) is 0 Å². The minimum atomic E-state index is -0.889. The Morgan fingerprint density at radius 3 is 2.35 bits per heavy atom. The second-order valence-electron chi connectivity index (χ2n) is 5.37. The van der Waals surface area contributed by atoms with E-state index >= 15 is 0 Å². The molecule has 0 unspecified atom stereocenters. The monoisotopic (exact) mass is 276 g/mol. The Morgan fingerprint density at radius 1 is 1.35 bits per heavy atom. The van der Waals surface area contributed by atoms with E-state index < -0.39 is 5.41 Å². The van der Waals surface area contributed by atoms with Crippen LogP contribution >= 0.6 is 0 Å². The number of hydrogen-bond donors (Lipinski definition) is 0. The lowest BCUT2D eigenvalue weighted by molar-refractivity contribution is -0.139. The van der Waals surface area contributed by atoms with Crippen molar-refractivity contribution >= 4 is 5.91 Å². The molecular formula is C16H24N2O2. The summed E-state index contributed by atoms with van der Waals surface area (Å²) in [5.74, 6) is 1.48. The van der Waals surface area contributed by atoms with Gasteiger partial charge in [-0.2, -0.15) is 5.26 Å². The normalized spacial score (nSPS) is 11.2. The Hall–Kier alpha value is -1.76. The molecule has 0 spiro atoms. The van der Waals surface area contributed by atoms with Crippen molar-refractivity contribution in [1.82, 2.24) is 4.90 Å². The van der Waals surface area contributed by atoms with E-state index in [1.807, 2.05) is 32.9 Å². The van der Waals surface area contributed by atoms with Gasteiger partial charge in [0.05, 0.1) is 12.6 Å². The molecule has 0 atom stereocenters. The molecule has 0 fully saturated rings. The highest BCUT2D eigenvalue weighted by Gasteiger charge is 2.39. The molecule has 0 N–H and O–H groups in total. The molecule has 0 aliphatic carbocycles. The maximum Gasteiger partial charge on any atom is 0.243 e. The minimum absolute atomic E-state index is 0.0993. The Balaban J connectivity index is 2.85. The van der Waals surface area contributed by atoms with Crippen LogP contribution in [0.2, 0.25) is 0 Å². The van der Waals surface area contributed by atoms with Crippen molar-refractivity contribution in [3.63, 3.8) is 0 Å². The van der Waals surface area contributed by atoms with E-state index in [4.69, 9.17) is 4.42 Å². The van der Waals surface area contributed by atoms with Crippen molar-refractivity contribution in [2.45, 2.75) is 53.0 Å². The smallest absolute Gasteiger partial charge is 0.243 e. The van der Waals surface area contributed by atoms with Crippen LogP contribution in [0.3, 0.4) is 0 Å². The summed E-state index contributed by atoms with van der Waals surface area (Å²) in [7, 11) is 1.73. The number of carbonyl (C=O) groups excluding carboxylic acids is 1. The van der Waals surface area contributed by atoms with Gasteiger partial charge in [-0.15, -0.1) is 0 Å². The fourth-order valence-corrected chi connectivity index (χ4v) is 2.59. The van der Waals surface area contributed by atoms with Crippen LogP contribution in [0.4, 0.5) is 0 Å². The van der Waals surface area contributed by atoms with E-state index in [0.29, 0.717) is 19.4 Å². The molecule has 0 aliphatic rings. The van der Waals surface area contributed by atoms with Crippen LogP contribution in [0, 0.1) is 23.7 Å². The van der Waals surface area contributed by atoms with Crippen molar-refractivity contribution in [2.24, 2.45) is 5.41 Å². The molecule has 20 heavy (non-hydrogen) atoms. The standard InChI is InChI=1S/C16H24N2O2/c1-5-9-16(12-17,10-6-2)15(19)18(4)11-14-8-7-13(3)20-14/h7-8H,5-6,9-11H2,1-4H3. The van der Waals surface area contributed by atoms with E-state index in [2.05, 4.69) is 6.07 Å². The summed E-state index contributed by atoms with van der Waals surface area (Å²) in [5, 5.41) is 9.51. The number of furan rings is 1. The lowest BCUT2D eigenvalue weighted by Gasteiger charge is -2.29. The Morgan fingerprint density at radius 2 is 1.95 bits per heavy atom. The third kappa shape index (κ3) is 3.63. The first-order valence-electron chi connectivity index (χ1n) is 7.21. The zero-order valence-corrected chi connectivity index (χ0v) is 12.9. The van der Waals surface area contributed by atoms with Crippen molar-refractivity contribution in [2.75, 3.05) is 7.05 Å². The second kappa shape index (κ2) is 7.14.